The van der Waals surface area contributed by atoms with Crippen molar-refractivity contribution in [1.29, 1.82) is 0 Å². The molecule has 4 nitrogen and oxygen atoms in total. The fourth-order valence-electron chi connectivity index (χ4n) is 2.72. The van der Waals surface area contributed by atoms with Gasteiger partial charge in [-0.1, -0.05) is 33.6 Å². The molecule has 0 radical (unpaired) electrons. The lowest BCUT2D eigenvalue weighted by molar-refractivity contribution is -0.908. The van der Waals surface area contributed by atoms with Crippen LogP contribution in [0.4, 0.5) is 0 Å². The molecule has 3 rings (SSSR count). The quantitative estimate of drug-likeness (QED) is 0.732. The summed E-state index contributed by atoms with van der Waals surface area (Å²) >= 11 is 11.2. The normalized spacial score (nSPS) is 15.9. The first kappa shape index (κ1) is 17.2. The summed E-state index contributed by atoms with van der Waals surface area (Å²) in [5, 5.41) is 4.47. The lowest BCUT2D eigenvalue weighted by Gasteiger charge is -2.23. The maximum Gasteiger partial charge on any atom is 0.262 e. The number of hydrogen-bond donors (Lipinski definition) is 2. The number of quaternary nitrogens is 1. The first-order chi connectivity index (χ1) is 11.1. The van der Waals surface area contributed by atoms with E-state index in [-0.39, 0.29) is 5.91 Å². The van der Waals surface area contributed by atoms with Gasteiger partial charge in [0.25, 0.3) is 5.91 Å². The van der Waals surface area contributed by atoms with Gasteiger partial charge in [0.1, 0.15) is 18.0 Å². The van der Waals surface area contributed by atoms with Crippen molar-refractivity contribution in [3.63, 3.8) is 0 Å². The fourth-order valence-corrected chi connectivity index (χ4v) is 4.70. The number of ether oxygens (including phenoxy) is 1. The lowest BCUT2D eigenvalue weighted by Crippen LogP contribution is -3.14. The number of morpholine rings is 1. The molecular weight excluding hydrogens is 400 g/mol. The van der Waals surface area contributed by atoms with Crippen LogP contribution in [0, 0.1) is 0 Å². The smallest absolute Gasteiger partial charge is 0.262 e. The monoisotopic (exact) mass is 417 g/mol. The third kappa shape index (κ3) is 4.25. The van der Waals surface area contributed by atoms with E-state index in [1.54, 1.807) is 4.90 Å². The topological polar surface area (TPSA) is 42.8 Å². The van der Waals surface area contributed by atoms with E-state index in [0.717, 1.165) is 53.8 Å². The highest BCUT2D eigenvalue weighted by Crippen LogP contribution is 2.36. The van der Waals surface area contributed by atoms with Gasteiger partial charge in [-0.05, 0) is 12.1 Å². The molecule has 1 aliphatic heterocycles. The Morgan fingerprint density at radius 3 is 2.96 bits per heavy atom. The second-order valence-electron chi connectivity index (χ2n) is 5.61. The van der Waals surface area contributed by atoms with Crippen molar-refractivity contribution < 1.29 is 14.4 Å². The van der Waals surface area contributed by atoms with E-state index in [1.807, 2.05) is 18.2 Å². The number of rotatable bonds is 5. The Hall–Kier alpha value is -0.660. The molecule has 1 aromatic heterocycles. The number of carbonyl (C=O) groups excluding carboxylic acids is 1. The van der Waals surface area contributed by atoms with E-state index in [9.17, 15) is 4.79 Å². The molecule has 1 saturated heterocycles. The maximum absolute atomic E-state index is 12.3. The molecule has 2 N–H and O–H groups in total. The minimum absolute atomic E-state index is 0.0794. The van der Waals surface area contributed by atoms with E-state index in [0.29, 0.717) is 16.4 Å². The molecule has 1 fully saturated rings. The third-order valence-corrected chi connectivity index (χ3v) is 6.14. The van der Waals surface area contributed by atoms with Gasteiger partial charge in [0.05, 0.1) is 24.8 Å². The predicted octanol–water partition coefficient (Wildman–Crippen LogP) is 2.35. The van der Waals surface area contributed by atoms with Crippen LogP contribution < -0.4 is 10.2 Å². The van der Waals surface area contributed by atoms with Crippen LogP contribution in [0.25, 0.3) is 10.1 Å². The minimum atomic E-state index is -0.0794. The van der Waals surface area contributed by atoms with E-state index >= 15 is 0 Å². The van der Waals surface area contributed by atoms with Gasteiger partial charge in [0.15, 0.2) is 0 Å². The fraction of sp³-hybridized carbons (Fsp3) is 0.438. The Kier molecular flexibility index (Phi) is 5.93. The molecule has 0 aliphatic carbocycles. The van der Waals surface area contributed by atoms with E-state index < -0.39 is 0 Å². The number of amides is 1. The van der Waals surface area contributed by atoms with Crippen LogP contribution >= 0.6 is 38.9 Å². The van der Waals surface area contributed by atoms with Crippen LogP contribution in [0.5, 0.6) is 0 Å². The number of benzene rings is 1. The molecule has 0 saturated carbocycles. The van der Waals surface area contributed by atoms with Gasteiger partial charge < -0.3 is 15.0 Å². The van der Waals surface area contributed by atoms with Crippen molar-refractivity contribution >= 4 is 54.9 Å². The van der Waals surface area contributed by atoms with Crippen LogP contribution in [0.2, 0.25) is 5.02 Å². The predicted molar refractivity (Wildman–Crippen MR) is 97.9 cm³/mol. The van der Waals surface area contributed by atoms with Crippen LogP contribution in [0.3, 0.4) is 0 Å². The zero-order valence-corrected chi connectivity index (χ0v) is 15.8. The van der Waals surface area contributed by atoms with Gasteiger partial charge in [-0.2, -0.15) is 0 Å². The summed E-state index contributed by atoms with van der Waals surface area (Å²) in [6.45, 7) is 5.55. The van der Waals surface area contributed by atoms with Crippen LogP contribution in [0.1, 0.15) is 16.1 Å². The Balaban J connectivity index is 1.54. The number of hydrogen-bond acceptors (Lipinski definition) is 3. The third-order valence-electron chi connectivity index (χ3n) is 3.99. The van der Waals surface area contributed by atoms with Crippen molar-refractivity contribution in [1.82, 2.24) is 5.32 Å². The van der Waals surface area contributed by atoms with E-state index in [4.69, 9.17) is 16.3 Å². The van der Waals surface area contributed by atoms with Crippen LogP contribution in [-0.2, 0) is 4.74 Å². The number of thiophene rings is 1. The molecule has 2 heterocycles. The lowest BCUT2D eigenvalue weighted by atomic mass is 10.2. The summed E-state index contributed by atoms with van der Waals surface area (Å²) in [4.78, 5) is 14.5. The number of carbonyl (C=O) groups is 1. The molecule has 0 bridgehead atoms. The van der Waals surface area contributed by atoms with Gasteiger partial charge in [-0.15, -0.1) is 11.3 Å². The average Bonchev–Trinajstić information content (AvgIpc) is 2.88. The summed E-state index contributed by atoms with van der Waals surface area (Å²) in [6, 6.07) is 5.87. The summed E-state index contributed by atoms with van der Waals surface area (Å²) in [7, 11) is 0. The second-order valence-corrected chi connectivity index (χ2v) is 7.95. The van der Waals surface area contributed by atoms with Crippen molar-refractivity contribution in [3.8, 4) is 0 Å². The molecule has 0 spiro atoms. The molecule has 1 aliphatic rings. The number of fused-ring (bicyclic) bond motifs is 1. The molecule has 7 heteroatoms. The number of halogens is 2. The molecule has 0 unspecified atom stereocenters. The largest absolute Gasteiger partial charge is 0.370 e. The molecule has 124 valence electrons. The highest BCUT2D eigenvalue weighted by atomic mass is 79.9. The van der Waals surface area contributed by atoms with Crippen LogP contribution in [-0.4, -0.2) is 45.3 Å². The SMILES string of the molecule is O=C(NCCC[NH+]1CCOCC1)c1sc2cc(Br)ccc2c1Cl. The average molecular weight is 419 g/mol. The van der Waals surface area contributed by atoms with Gasteiger partial charge in [-0.25, -0.2) is 0 Å². The standard InChI is InChI=1S/C16H18BrClN2O2S/c17-11-2-3-12-13(10-11)23-15(14(12)18)16(21)19-4-1-5-20-6-8-22-9-7-20/h2-3,10H,1,4-9H2,(H,19,21)/p+1. The molecule has 23 heavy (non-hydrogen) atoms. The van der Waals surface area contributed by atoms with Gasteiger partial charge >= 0.3 is 0 Å². The minimum Gasteiger partial charge on any atom is -0.370 e. The van der Waals surface area contributed by atoms with Gasteiger partial charge in [-0.3, -0.25) is 4.79 Å². The Bertz CT molecular complexity index is 701. The summed E-state index contributed by atoms with van der Waals surface area (Å²) in [6.07, 6.45) is 0.967. The summed E-state index contributed by atoms with van der Waals surface area (Å²) in [5.41, 5.74) is 0. The maximum atomic E-state index is 12.3. The van der Waals surface area contributed by atoms with Gasteiger partial charge in [0, 0.05) is 27.5 Å². The number of nitrogens with one attached hydrogen (secondary N) is 2. The summed E-state index contributed by atoms with van der Waals surface area (Å²) in [5.74, 6) is -0.0794. The van der Waals surface area contributed by atoms with Gasteiger partial charge in [0.2, 0.25) is 0 Å². The van der Waals surface area contributed by atoms with E-state index in [2.05, 4.69) is 21.2 Å². The first-order valence-corrected chi connectivity index (χ1v) is 9.71. The Labute approximate surface area is 152 Å². The molecule has 1 aromatic carbocycles. The molecular formula is C16H19BrClN2O2S+. The Morgan fingerprint density at radius 1 is 1.39 bits per heavy atom. The highest BCUT2D eigenvalue weighted by Gasteiger charge is 2.17. The molecule has 2 aromatic rings. The zero-order valence-electron chi connectivity index (χ0n) is 12.7. The molecule has 0 atom stereocenters. The second kappa shape index (κ2) is 7.94. The van der Waals surface area contributed by atoms with Crippen molar-refractivity contribution in [3.05, 3.63) is 32.6 Å². The Morgan fingerprint density at radius 2 is 2.17 bits per heavy atom. The zero-order chi connectivity index (χ0) is 16.2. The first-order valence-electron chi connectivity index (χ1n) is 7.72. The van der Waals surface area contributed by atoms with Crippen molar-refractivity contribution in [2.45, 2.75) is 6.42 Å². The van der Waals surface area contributed by atoms with Crippen LogP contribution in [0.15, 0.2) is 22.7 Å². The van der Waals surface area contributed by atoms with E-state index in [1.165, 1.54) is 11.3 Å². The summed E-state index contributed by atoms with van der Waals surface area (Å²) < 4.78 is 7.36. The van der Waals surface area contributed by atoms with Crippen molar-refractivity contribution in [2.24, 2.45) is 0 Å². The highest BCUT2D eigenvalue weighted by molar-refractivity contribution is 9.10. The van der Waals surface area contributed by atoms with Crippen molar-refractivity contribution in [2.75, 3.05) is 39.4 Å². The molecule has 1 amide bonds.